The minimum absolute atomic E-state index is 0.0278. The van der Waals surface area contributed by atoms with Crippen molar-refractivity contribution >= 4 is 39.2 Å². The van der Waals surface area contributed by atoms with Crippen LogP contribution in [0.4, 0.5) is 5.69 Å². The maximum atomic E-state index is 12.0. The van der Waals surface area contributed by atoms with Crippen LogP contribution in [0.5, 0.6) is 0 Å². The van der Waals surface area contributed by atoms with Crippen molar-refractivity contribution in [2.75, 3.05) is 18.5 Å². The van der Waals surface area contributed by atoms with Gasteiger partial charge in [0.15, 0.2) is 6.61 Å². The Bertz CT molecular complexity index is 922. The molecule has 0 aliphatic heterocycles. The van der Waals surface area contributed by atoms with Crippen LogP contribution in [0.3, 0.4) is 0 Å². The van der Waals surface area contributed by atoms with Crippen LogP contribution in [0.25, 0.3) is 0 Å². The Morgan fingerprint density at radius 3 is 2.41 bits per heavy atom. The van der Waals surface area contributed by atoms with Gasteiger partial charge in [0.25, 0.3) is 5.91 Å². The number of hydrogen-bond acceptors (Lipinski definition) is 5. The summed E-state index contributed by atoms with van der Waals surface area (Å²) in [7, 11) is -3.83. The Balaban J connectivity index is 1.84. The van der Waals surface area contributed by atoms with E-state index >= 15 is 0 Å². The molecule has 0 aromatic heterocycles. The number of benzene rings is 2. The van der Waals surface area contributed by atoms with Crippen molar-refractivity contribution in [3.63, 3.8) is 0 Å². The SMILES string of the molecule is Cc1cc(C)c(NC(=O)COC(=O)CNS(=O)(=O)c2ccccc2)c(Cl)c1. The van der Waals surface area contributed by atoms with E-state index in [4.69, 9.17) is 16.3 Å². The lowest BCUT2D eigenvalue weighted by molar-refractivity contribution is -0.146. The van der Waals surface area contributed by atoms with E-state index in [2.05, 4.69) is 10.0 Å². The molecule has 7 nitrogen and oxygen atoms in total. The normalized spacial score (nSPS) is 11.1. The number of aryl methyl sites for hydroxylation is 2. The van der Waals surface area contributed by atoms with Gasteiger partial charge in [0.2, 0.25) is 10.0 Å². The number of ether oxygens (including phenoxy) is 1. The average Bonchev–Trinajstić information content (AvgIpc) is 2.62. The predicted octanol–water partition coefficient (Wildman–Crippen LogP) is 2.42. The first-order valence-corrected chi connectivity index (χ1v) is 9.82. The first-order chi connectivity index (χ1) is 12.7. The van der Waals surface area contributed by atoms with Gasteiger partial charge in [-0.3, -0.25) is 9.59 Å². The zero-order valence-corrected chi connectivity index (χ0v) is 16.4. The van der Waals surface area contributed by atoms with E-state index in [1.165, 1.54) is 12.1 Å². The first-order valence-electron chi connectivity index (χ1n) is 7.96. The Kier molecular flexibility index (Phi) is 6.95. The van der Waals surface area contributed by atoms with Crippen molar-refractivity contribution in [1.29, 1.82) is 0 Å². The van der Waals surface area contributed by atoms with Crippen molar-refractivity contribution in [3.8, 4) is 0 Å². The summed E-state index contributed by atoms with van der Waals surface area (Å²) in [6, 6.07) is 11.2. The number of halogens is 1. The first kappa shape index (κ1) is 20.9. The summed E-state index contributed by atoms with van der Waals surface area (Å²) < 4.78 is 30.9. The van der Waals surface area contributed by atoms with E-state index in [1.807, 2.05) is 13.0 Å². The van der Waals surface area contributed by atoms with Crippen molar-refractivity contribution < 1.29 is 22.7 Å². The molecule has 1 amide bonds. The molecule has 0 heterocycles. The molecule has 2 aromatic rings. The smallest absolute Gasteiger partial charge is 0.321 e. The molecule has 0 spiro atoms. The topological polar surface area (TPSA) is 102 Å². The number of hydrogen-bond donors (Lipinski definition) is 2. The Morgan fingerprint density at radius 2 is 1.78 bits per heavy atom. The molecule has 0 aliphatic rings. The highest BCUT2D eigenvalue weighted by atomic mass is 35.5. The van der Waals surface area contributed by atoms with Crippen LogP contribution in [0.15, 0.2) is 47.4 Å². The number of carbonyl (C=O) groups excluding carboxylic acids is 2. The summed E-state index contributed by atoms with van der Waals surface area (Å²) in [5, 5.41) is 2.95. The fourth-order valence-electron chi connectivity index (χ4n) is 2.28. The number of esters is 1. The monoisotopic (exact) mass is 410 g/mol. The lowest BCUT2D eigenvalue weighted by Crippen LogP contribution is -2.32. The van der Waals surface area contributed by atoms with Gasteiger partial charge in [-0.15, -0.1) is 0 Å². The second kappa shape index (κ2) is 8.98. The van der Waals surface area contributed by atoms with E-state index in [0.717, 1.165) is 11.1 Å². The molecule has 2 aromatic carbocycles. The third kappa shape index (κ3) is 6.06. The fraction of sp³-hybridized carbons (Fsp3) is 0.222. The van der Waals surface area contributed by atoms with Crippen LogP contribution < -0.4 is 10.0 Å². The highest BCUT2D eigenvalue weighted by Crippen LogP contribution is 2.27. The largest absolute Gasteiger partial charge is 0.455 e. The fourth-order valence-corrected chi connectivity index (χ4v) is 3.64. The van der Waals surface area contributed by atoms with Gasteiger partial charge in [0, 0.05) is 0 Å². The number of sulfonamides is 1. The van der Waals surface area contributed by atoms with Gasteiger partial charge in [-0.2, -0.15) is 4.72 Å². The molecule has 27 heavy (non-hydrogen) atoms. The van der Waals surface area contributed by atoms with Gasteiger partial charge in [-0.05, 0) is 43.2 Å². The van der Waals surface area contributed by atoms with Gasteiger partial charge in [-0.25, -0.2) is 8.42 Å². The second-order valence-corrected chi connectivity index (χ2v) is 7.96. The third-order valence-electron chi connectivity index (χ3n) is 3.52. The highest BCUT2D eigenvalue weighted by Gasteiger charge is 2.17. The Labute approximate surface area is 162 Å². The number of rotatable bonds is 7. The van der Waals surface area contributed by atoms with E-state index < -0.39 is 35.1 Å². The summed E-state index contributed by atoms with van der Waals surface area (Å²) in [5.74, 6) is -1.46. The maximum absolute atomic E-state index is 12.0. The van der Waals surface area contributed by atoms with Gasteiger partial charge in [-0.1, -0.05) is 35.9 Å². The molecular weight excluding hydrogens is 392 g/mol. The molecule has 0 saturated heterocycles. The lowest BCUT2D eigenvalue weighted by atomic mass is 10.1. The zero-order chi connectivity index (χ0) is 20.0. The lowest BCUT2D eigenvalue weighted by Gasteiger charge is -2.12. The molecule has 0 unspecified atom stereocenters. The second-order valence-electron chi connectivity index (χ2n) is 5.79. The molecule has 0 radical (unpaired) electrons. The zero-order valence-electron chi connectivity index (χ0n) is 14.8. The molecular formula is C18H19ClN2O5S. The van der Waals surface area contributed by atoms with Crippen LogP contribution in [-0.4, -0.2) is 33.4 Å². The van der Waals surface area contributed by atoms with Gasteiger partial charge in [0.05, 0.1) is 15.6 Å². The number of nitrogens with one attached hydrogen (secondary N) is 2. The molecule has 9 heteroatoms. The number of amides is 1. The van der Waals surface area contributed by atoms with Crippen LogP contribution in [-0.2, 0) is 24.3 Å². The summed E-state index contributed by atoms with van der Waals surface area (Å²) in [4.78, 5) is 23.7. The average molecular weight is 411 g/mol. The van der Waals surface area contributed by atoms with Gasteiger partial charge >= 0.3 is 5.97 Å². The maximum Gasteiger partial charge on any atom is 0.321 e. The molecule has 144 valence electrons. The van der Waals surface area contributed by atoms with Gasteiger partial charge < -0.3 is 10.1 Å². The molecule has 0 saturated carbocycles. The molecule has 0 fully saturated rings. The third-order valence-corrected chi connectivity index (χ3v) is 5.24. The van der Waals surface area contributed by atoms with E-state index in [9.17, 15) is 18.0 Å². The van der Waals surface area contributed by atoms with Crippen LogP contribution >= 0.6 is 11.6 Å². The Hall–Kier alpha value is -2.42. The summed E-state index contributed by atoms with van der Waals surface area (Å²) >= 11 is 6.10. The molecule has 0 bridgehead atoms. The minimum atomic E-state index is -3.83. The van der Waals surface area contributed by atoms with Crippen LogP contribution in [0.2, 0.25) is 5.02 Å². The molecule has 0 aliphatic carbocycles. The van der Waals surface area contributed by atoms with E-state index in [0.29, 0.717) is 10.7 Å². The standard InChI is InChI=1S/C18H19ClN2O5S/c1-12-8-13(2)18(15(19)9-12)21-16(22)11-26-17(23)10-20-27(24,25)14-6-4-3-5-7-14/h3-9,20H,10-11H2,1-2H3,(H,21,22). The van der Waals surface area contributed by atoms with Gasteiger partial charge in [0.1, 0.15) is 6.54 Å². The summed E-state index contributed by atoms with van der Waals surface area (Å²) in [6.45, 7) is 2.52. The minimum Gasteiger partial charge on any atom is -0.455 e. The van der Waals surface area contributed by atoms with Crippen molar-refractivity contribution in [2.24, 2.45) is 0 Å². The van der Waals surface area contributed by atoms with Crippen molar-refractivity contribution in [2.45, 2.75) is 18.7 Å². The van der Waals surface area contributed by atoms with Crippen molar-refractivity contribution in [3.05, 3.63) is 58.6 Å². The predicted molar refractivity (Wildman–Crippen MR) is 102 cm³/mol. The van der Waals surface area contributed by atoms with E-state index in [-0.39, 0.29) is 4.90 Å². The quantitative estimate of drug-likeness (QED) is 0.682. The van der Waals surface area contributed by atoms with Crippen LogP contribution in [0.1, 0.15) is 11.1 Å². The summed E-state index contributed by atoms with van der Waals surface area (Å²) in [6.07, 6.45) is 0. The Morgan fingerprint density at radius 1 is 1.11 bits per heavy atom. The molecule has 2 N–H and O–H groups in total. The number of carbonyl (C=O) groups is 2. The van der Waals surface area contributed by atoms with Crippen molar-refractivity contribution in [1.82, 2.24) is 4.72 Å². The molecule has 2 rings (SSSR count). The van der Waals surface area contributed by atoms with E-state index in [1.54, 1.807) is 31.2 Å². The van der Waals surface area contributed by atoms with Crippen LogP contribution in [0, 0.1) is 13.8 Å². The summed E-state index contributed by atoms with van der Waals surface area (Å²) in [5.41, 5.74) is 2.16. The molecule has 0 atom stereocenters. The number of anilines is 1. The highest BCUT2D eigenvalue weighted by molar-refractivity contribution is 7.89.